The van der Waals surface area contributed by atoms with Crippen molar-refractivity contribution in [3.63, 3.8) is 0 Å². The molecular weight excluding hydrogens is 373 g/mol. The average Bonchev–Trinajstić information content (AvgIpc) is 2.59. The Kier molecular flexibility index (Phi) is 9.59. The van der Waals surface area contributed by atoms with Gasteiger partial charge in [-0.2, -0.15) is 0 Å². The summed E-state index contributed by atoms with van der Waals surface area (Å²) in [5.41, 5.74) is 5.89. The van der Waals surface area contributed by atoms with Crippen LogP contribution in [0.4, 0.5) is 0 Å². The smallest absolute Gasteiger partial charge is 0.351 e. The summed E-state index contributed by atoms with van der Waals surface area (Å²) in [6, 6.07) is 5.11. The van der Waals surface area contributed by atoms with Crippen molar-refractivity contribution >= 4 is 19.5 Å². The van der Waals surface area contributed by atoms with Gasteiger partial charge < -0.3 is 21.1 Å². The summed E-state index contributed by atoms with van der Waals surface area (Å²) in [4.78, 5) is 38.0. The Hall–Kier alpha value is -1.80. The number of nitrogens with zero attached hydrogens (tertiary/aromatic N) is 1. The van der Waals surface area contributed by atoms with Crippen LogP contribution in [-0.4, -0.2) is 45.3 Å². The number of nitrogens with two attached hydrogens (primary N) is 1. The van der Waals surface area contributed by atoms with Crippen molar-refractivity contribution < 1.29 is 28.7 Å². The highest BCUT2D eigenvalue weighted by Crippen LogP contribution is 2.50. The molecule has 10 heteroatoms. The standard InChI is InChI=1S/C17H28N3O6P/c1-12(2)16(20-15(21)11-13-7-4-6-10-19-13)27(24,25)26-14(17(22)23)8-3-5-9-18/h4,6-7,10,12,14,16H,3,5,8-9,11,18H2,1-2H3,(H,20,21)(H,22,23)(H,24,25). The second-order valence-electron chi connectivity index (χ2n) is 6.54. The molecule has 0 aliphatic rings. The zero-order valence-electron chi connectivity index (χ0n) is 15.6. The molecule has 9 nitrogen and oxygen atoms in total. The van der Waals surface area contributed by atoms with Gasteiger partial charge in [-0.1, -0.05) is 19.9 Å². The monoisotopic (exact) mass is 401 g/mol. The van der Waals surface area contributed by atoms with Crippen LogP contribution < -0.4 is 11.1 Å². The Morgan fingerprint density at radius 1 is 1.33 bits per heavy atom. The minimum absolute atomic E-state index is 0.0593. The van der Waals surface area contributed by atoms with Gasteiger partial charge in [-0.3, -0.25) is 18.9 Å². The fraction of sp³-hybridized carbons (Fsp3) is 0.588. The van der Waals surface area contributed by atoms with Crippen LogP contribution in [-0.2, 0) is 25.1 Å². The van der Waals surface area contributed by atoms with Crippen molar-refractivity contribution in [2.75, 3.05) is 6.54 Å². The fourth-order valence-corrected chi connectivity index (χ4v) is 4.20. The Bertz CT molecular complexity index is 655. The zero-order chi connectivity index (χ0) is 20.4. The first-order valence-electron chi connectivity index (χ1n) is 8.80. The first-order chi connectivity index (χ1) is 12.7. The summed E-state index contributed by atoms with van der Waals surface area (Å²) in [5.74, 6) is -3.51. The molecule has 0 radical (unpaired) electrons. The molecule has 1 heterocycles. The van der Waals surface area contributed by atoms with Crippen molar-refractivity contribution in [2.45, 2.75) is 51.4 Å². The topological polar surface area (TPSA) is 152 Å². The molecule has 1 aromatic rings. The zero-order valence-corrected chi connectivity index (χ0v) is 16.5. The molecule has 0 bridgehead atoms. The lowest BCUT2D eigenvalue weighted by Gasteiger charge is -2.28. The lowest BCUT2D eigenvalue weighted by atomic mass is 10.1. The fourth-order valence-electron chi connectivity index (χ4n) is 2.45. The maximum Gasteiger partial charge on any atom is 0.351 e. The molecule has 0 aliphatic carbocycles. The summed E-state index contributed by atoms with van der Waals surface area (Å²) < 4.78 is 17.8. The number of unbranched alkanes of at least 4 members (excludes halogenated alkanes) is 1. The van der Waals surface area contributed by atoms with E-state index in [1.54, 1.807) is 38.2 Å². The Balaban J connectivity index is 2.81. The molecule has 1 amide bonds. The summed E-state index contributed by atoms with van der Waals surface area (Å²) in [7, 11) is -4.44. The van der Waals surface area contributed by atoms with Gasteiger partial charge >= 0.3 is 13.6 Å². The number of pyridine rings is 1. The van der Waals surface area contributed by atoms with Gasteiger partial charge in [-0.05, 0) is 43.9 Å². The first-order valence-corrected chi connectivity index (χ1v) is 10.4. The molecule has 3 unspecified atom stereocenters. The van der Waals surface area contributed by atoms with Crippen molar-refractivity contribution in [1.82, 2.24) is 10.3 Å². The van der Waals surface area contributed by atoms with Crippen molar-refractivity contribution in [3.8, 4) is 0 Å². The van der Waals surface area contributed by atoms with Gasteiger partial charge in [-0.25, -0.2) is 4.79 Å². The Morgan fingerprint density at radius 2 is 2.04 bits per heavy atom. The summed E-state index contributed by atoms with van der Waals surface area (Å²) in [5, 5.41) is 11.7. The van der Waals surface area contributed by atoms with Crippen molar-refractivity contribution in [3.05, 3.63) is 30.1 Å². The molecule has 5 N–H and O–H groups in total. The maximum absolute atomic E-state index is 12.7. The van der Waals surface area contributed by atoms with E-state index in [4.69, 9.17) is 10.3 Å². The lowest BCUT2D eigenvalue weighted by Crippen LogP contribution is -2.41. The van der Waals surface area contributed by atoms with Gasteiger partial charge in [0.2, 0.25) is 5.91 Å². The van der Waals surface area contributed by atoms with E-state index in [9.17, 15) is 24.2 Å². The second kappa shape index (κ2) is 11.1. The van der Waals surface area contributed by atoms with Crippen LogP contribution in [0.3, 0.4) is 0 Å². The molecule has 3 atom stereocenters. The molecule has 0 aliphatic heterocycles. The third-order valence-electron chi connectivity index (χ3n) is 3.83. The molecule has 0 spiro atoms. The number of hydrogen-bond acceptors (Lipinski definition) is 6. The molecule has 1 aromatic heterocycles. The first kappa shape index (κ1) is 23.2. The molecular formula is C17H28N3O6P. The normalized spacial score (nSPS) is 15.7. The number of aliphatic carboxylic acids is 1. The third-order valence-corrected chi connectivity index (χ3v) is 5.82. The van der Waals surface area contributed by atoms with E-state index in [1.807, 2.05) is 0 Å². The number of amides is 1. The Morgan fingerprint density at radius 3 is 2.56 bits per heavy atom. The van der Waals surface area contributed by atoms with Crippen LogP contribution in [0.25, 0.3) is 0 Å². The molecule has 0 aromatic carbocycles. The second-order valence-corrected chi connectivity index (χ2v) is 8.43. The average molecular weight is 401 g/mol. The number of carbonyl (C=O) groups excluding carboxylic acids is 1. The van der Waals surface area contributed by atoms with Gasteiger partial charge in [0.05, 0.1) is 6.42 Å². The molecule has 27 heavy (non-hydrogen) atoms. The van der Waals surface area contributed by atoms with Crippen LogP contribution >= 0.6 is 7.60 Å². The van der Waals surface area contributed by atoms with E-state index in [1.165, 1.54) is 0 Å². The van der Waals surface area contributed by atoms with Gasteiger partial charge in [-0.15, -0.1) is 0 Å². The van der Waals surface area contributed by atoms with Gasteiger partial charge in [0.15, 0.2) is 6.10 Å². The SMILES string of the molecule is CC(C)C(NC(=O)Cc1ccccn1)P(=O)(O)OC(CCCCN)C(=O)O. The predicted molar refractivity (Wildman–Crippen MR) is 99.9 cm³/mol. The minimum Gasteiger partial charge on any atom is -0.479 e. The molecule has 0 fully saturated rings. The van der Waals surface area contributed by atoms with E-state index < -0.39 is 37.3 Å². The maximum atomic E-state index is 12.7. The number of nitrogens with one attached hydrogen (secondary N) is 1. The van der Waals surface area contributed by atoms with Crippen molar-refractivity contribution in [1.29, 1.82) is 0 Å². The van der Waals surface area contributed by atoms with Gasteiger partial charge in [0.1, 0.15) is 5.78 Å². The van der Waals surface area contributed by atoms with Crippen LogP contribution in [0.15, 0.2) is 24.4 Å². The number of carboxylic acids is 1. The van der Waals surface area contributed by atoms with Crippen LogP contribution in [0.2, 0.25) is 0 Å². The quantitative estimate of drug-likeness (QED) is 0.304. The number of rotatable bonds is 12. The van der Waals surface area contributed by atoms with E-state index in [0.29, 0.717) is 25.1 Å². The third kappa shape index (κ3) is 8.17. The number of hydrogen-bond donors (Lipinski definition) is 4. The molecule has 1 rings (SSSR count). The summed E-state index contributed by atoms with van der Waals surface area (Å²) in [6.07, 6.45) is 1.12. The summed E-state index contributed by atoms with van der Waals surface area (Å²) >= 11 is 0. The lowest BCUT2D eigenvalue weighted by molar-refractivity contribution is -0.145. The van der Waals surface area contributed by atoms with E-state index in [0.717, 1.165) is 0 Å². The molecule has 152 valence electrons. The highest BCUT2D eigenvalue weighted by atomic mass is 31.2. The largest absolute Gasteiger partial charge is 0.479 e. The highest BCUT2D eigenvalue weighted by Gasteiger charge is 2.40. The number of carboxylic acid groups (broad SMARTS) is 1. The van der Waals surface area contributed by atoms with E-state index in [-0.39, 0.29) is 12.8 Å². The molecule has 0 saturated carbocycles. The van der Waals surface area contributed by atoms with Gasteiger partial charge in [0.25, 0.3) is 0 Å². The number of aromatic nitrogens is 1. The molecule has 0 saturated heterocycles. The Labute approximate surface area is 158 Å². The summed E-state index contributed by atoms with van der Waals surface area (Å²) in [6.45, 7) is 3.67. The van der Waals surface area contributed by atoms with Crippen LogP contribution in [0.1, 0.15) is 38.8 Å². The van der Waals surface area contributed by atoms with Crippen molar-refractivity contribution in [2.24, 2.45) is 11.7 Å². The van der Waals surface area contributed by atoms with E-state index in [2.05, 4.69) is 10.3 Å². The highest BCUT2D eigenvalue weighted by molar-refractivity contribution is 7.53. The minimum atomic E-state index is -4.44. The van der Waals surface area contributed by atoms with Crippen LogP contribution in [0.5, 0.6) is 0 Å². The van der Waals surface area contributed by atoms with Crippen LogP contribution in [0, 0.1) is 5.92 Å². The predicted octanol–water partition coefficient (Wildman–Crippen LogP) is 1.51. The van der Waals surface area contributed by atoms with Gasteiger partial charge in [0, 0.05) is 11.9 Å². The number of carbonyl (C=O) groups is 2. The van der Waals surface area contributed by atoms with E-state index >= 15 is 0 Å².